The molecule has 1 amide bonds. The second-order valence-corrected chi connectivity index (χ2v) is 5.44. The highest BCUT2D eigenvalue weighted by molar-refractivity contribution is 5.96. The summed E-state index contributed by atoms with van der Waals surface area (Å²) in [7, 11) is 1.84. The van der Waals surface area contributed by atoms with Crippen LogP contribution in [0, 0.1) is 0 Å². The molecule has 4 nitrogen and oxygen atoms in total. The fraction of sp³-hybridized carbons (Fsp3) is 0.294. The number of fused-ring (bicyclic) bond motifs is 1. The number of aromatic nitrogens is 1. The Morgan fingerprint density at radius 1 is 1.29 bits per heavy atom. The minimum Gasteiger partial charge on any atom is -0.315 e. The van der Waals surface area contributed by atoms with E-state index in [-0.39, 0.29) is 18.0 Å². The molecule has 108 valence electrons. The van der Waals surface area contributed by atoms with E-state index >= 15 is 0 Å². The molecule has 1 unspecified atom stereocenters. The maximum atomic E-state index is 12.2. The van der Waals surface area contributed by atoms with Crippen molar-refractivity contribution in [2.24, 2.45) is 0 Å². The predicted octanol–water partition coefficient (Wildman–Crippen LogP) is 2.84. The van der Waals surface area contributed by atoms with Gasteiger partial charge in [-0.25, -0.2) is 0 Å². The van der Waals surface area contributed by atoms with Crippen molar-refractivity contribution in [3.05, 3.63) is 59.9 Å². The maximum absolute atomic E-state index is 12.2. The van der Waals surface area contributed by atoms with Gasteiger partial charge in [-0.2, -0.15) is 0 Å². The molecular formula is C17H19N3O. The smallest absolute Gasteiger partial charge is 0.228 e. The summed E-state index contributed by atoms with van der Waals surface area (Å²) in [6, 6.07) is 12.2. The summed E-state index contributed by atoms with van der Waals surface area (Å²) in [5.74, 6) is 0.143. The van der Waals surface area contributed by atoms with Crippen LogP contribution >= 0.6 is 0 Å². The molecule has 0 spiro atoms. The molecule has 1 aromatic heterocycles. The minimum absolute atomic E-state index is 0.0418. The molecule has 0 saturated heterocycles. The van der Waals surface area contributed by atoms with E-state index in [1.54, 1.807) is 11.1 Å². The third-order valence-electron chi connectivity index (χ3n) is 4.06. The third kappa shape index (κ3) is 2.67. The molecule has 0 fully saturated rings. The summed E-state index contributed by atoms with van der Waals surface area (Å²) in [6.07, 6.45) is 4.11. The highest BCUT2D eigenvalue weighted by atomic mass is 16.2. The molecule has 0 aliphatic carbocycles. The van der Waals surface area contributed by atoms with Crippen LogP contribution in [0.15, 0.2) is 48.8 Å². The van der Waals surface area contributed by atoms with Crippen LogP contribution < -0.4 is 10.2 Å². The molecule has 1 N–H and O–H groups in total. The average molecular weight is 281 g/mol. The van der Waals surface area contributed by atoms with E-state index in [0.717, 1.165) is 11.3 Å². The van der Waals surface area contributed by atoms with Gasteiger partial charge < -0.3 is 10.2 Å². The van der Waals surface area contributed by atoms with Crippen molar-refractivity contribution in [2.75, 3.05) is 11.9 Å². The summed E-state index contributed by atoms with van der Waals surface area (Å²) in [6.45, 7) is 2.10. The van der Waals surface area contributed by atoms with Gasteiger partial charge in [0.1, 0.15) is 0 Å². The number of nitrogens with zero attached hydrogens (tertiary/aromatic N) is 2. The van der Waals surface area contributed by atoms with Gasteiger partial charge in [0.2, 0.25) is 5.91 Å². The van der Waals surface area contributed by atoms with E-state index < -0.39 is 0 Å². The van der Waals surface area contributed by atoms with Gasteiger partial charge in [0.25, 0.3) is 0 Å². The second-order valence-electron chi connectivity index (χ2n) is 5.44. The number of amides is 1. The topological polar surface area (TPSA) is 45.2 Å². The van der Waals surface area contributed by atoms with Gasteiger partial charge in [-0.3, -0.25) is 9.78 Å². The number of carbonyl (C=O) groups excluding carboxylic acids is 1. The SMILES string of the molecule is C[C@@H](NC1CC(=O)N(C)c2ccccc21)c1cccnc1. The molecule has 21 heavy (non-hydrogen) atoms. The van der Waals surface area contributed by atoms with Crippen LogP contribution in [0.1, 0.15) is 36.6 Å². The van der Waals surface area contributed by atoms with Crippen LogP contribution in [0.5, 0.6) is 0 Å². The Kier molecular flexibility index (Phi) is 3.71. The molecule has 3 rings (SSSR count). The zero-order valence-corrected chi connectivity index (χ0v) is 12.3. The molecule has 2 atom stereocenters. The van der Waals surface area contributed by atoms with E-state index in [4.69, 9.17) is 0 Å². The quantitative estimate of drug-likeness (QED) is 0.941. The molecule has 0 saturated carbocycles. The van der Waals surface area contributed by atoms with E-state index in [0.29, 0.717) is 6.42 Å². The number of nitrogens with one attached hydrogen (secondary N) is 1. The Morgan fingerprint density at radius 2 is 2.10 bits per heavy atom. The summed E-state index contributed by atoms with van der Waals surface area (Å²) in [4.78, 5) is 18.1. The number of hydrogen-bond donors (Lipinski definition) is 1. The Bertz CT molecular complexity index is 641. The average Bonchev–Trinajstić information content (AvgIpc) is 2.53. The lowest BCUT2D eigenvalue weighted by molar-refractivity contribution is -0.119. The number of benzene rings is 1. The van der Waals surface area contributed by atoms with Crippen LogP contribution in [0.2, 0.25) is 0 Å². The van der Waals surface area contributed by atoms with Crippen LogP contribution in [0.25, 0.3) is 0 Å². The van der Waals surface area contributed by atoms with Crippen molar-refractivity contribution in [3.8, 4) is 0 Å². The fourth-order valence-corrected chi connectivity index (χ4v) is 2.82. The number of anilines is 1. The summed E-state index contributed by atoms with van der Waals surface area (Å²) < 4.78 is 0. The summed E-state index contributed by atoms with van der Waals surface area (Å²) in [5, 5.41) is 3.55. The lowest BCUT2D eigenvalue weighted by Gasteiger charge is -2.33. The van der Waals surface area contributed by atoms with Crippen molar-refractivity contribution < 1.29 is 4.79 Å². The van der Waals surface area contributed by atoms with Gasteiger partial charge in [0, 0.05) is 43.6 Å². The van der Waals surface area contributed by atoms with Gasteiger partial charge in [-0.15, -0.1) is 0 Å². The first-order valence-electron chi connectivity index (χ1n) is 7.18. The molecule has 0 radical (unpaired) electrons. The Labute approximate surface area is 124 Å². The van der Waals surface area contributed by atoms with E-state index in [1.807, 2.05) is 43.6 Å². The highest BCUT2D eigenvalue weighted by Crippen LogP contribution is 2.34. The van der Waals surface area contributed by atoms with Gasteiger partial charge >= 0.3 is 0 Å². The first-order chi connectivity index (χ1) is 10.2. The van der Waals surface area contributed by atoms with Crippen molar-refractivity contribution in [2.45, 2.75) is 25.4 Å². The molecular weight excluding hydrogens is 262 g/mol. The van der Waals surface area contributed by atoms with E-state index in [9.17, 15) is 4.79 Å². The predicted molar refractivity (Wildman–Crippen MR) is 83.0 cm³/mol. The lowest BCUT2D eigenvalue weighted by atomic mass is 9.95. The van der Waals surface area contributed by atoms with Crippen LogP contribution in [0.3, 0.4) is 0 Å². The normalized spacial score (nSPS) is 19.2. The molecule has 1 aromatic carbocycles. The maximum Gasteiger partial charge on any atom is 0.228 e. The minimum atomic E-state index is 0.0418. The van der Waals surface area contributed by atoms with Gasteiger partial charge in [0.15, 0.2) is 0 Å². The number of rotatable bonds is 3. The first kappa shape index (κ1) is 13.8. The van der Waals surface area contributed by atoms with Crippen LogP contribution in [0.4, 0.5) is 5.69 Å². The van der Waals surface area contributed by atoms with Crippen molar-refractivity contribution in [3.63, 3.8) is 0 Å². The van der Waals surface area contributed by atoms with Crippen molar-refractivity contribution in [1.82, 2.24) is 10.3 Å². The standard InChI is InChI=1S/C17H19N3O/c1-12(13-6-5-9-18-11-13)19-15-10-17(21)20(2)16-8-4-3-7-14(15)16/h3-9,11-12,15,19H,10H2,1-2H3/t12-,15?/m1/s1. The molecule has 2 heterocycles. The summed E-state index contributed by atoms with van der Waals surface area (Å²) >= 11 is 0. The number of hydrogen-bond acceptors (Lipinski definition) is 3. The fourth-order valence-electron chi connectivity index (χ4n) is 2.82. The number of para-hydroxylation sites is 1. The van der Waals surface area contributed by atoms with E-state index in [2.05, 4.69) is 23.3 Å². The third-order valence-corrected chi connectivity index (χ3v) is 4.06. The number of carbonyl (C=O) groups is 1. The van der Waals surface area contributed by atoms with Crippen LogP contribution in [-0.2, 0) is 4.79 Å². The first-order valence-corrected chi connectivity index (χ1v) is 7.18. The van der Waals surface area contributed by atoms with Gasteiger partial charge in [0.05, 0.1) is 0 Å². The zero-order chi connectivity index (χ0) is 14.8. The Morgan fingerprint density at radius 3 is 2.86 bits per heavy atom. The molecule has 1 aliphatic heterocycles. The van der Waals surface area contributed by atoms with Crippen molar-refractivity contribution >= 4 is 11.6 Å². The lowest BCUT2D eigenvalue weighted by Crippen LogP contribution is -2.38. The molecule has 1 aliphatic rings. The van der Waals surface area contributed by atoms with Gasteiger partial charge in [-0.1, -0.05) is 24.3 Å². The largest absolute Gasteiger partial charge is 0.315 e. The monoisotopic (exact) mass is 281 g/mol. The molecule has 2 aromatic rings. The van der Waals surface area contributed by atoms with Gasteiger partial charge in [-0.05, 0) is 30.2 Å². The number of pyridine rings is 1. The van der Waals surface area contributed by atoms with Crippen LogP contribution in [-0.4, -0.2) is 17.9 Å². The van der Waals surface area contributed by atoms with Crippen molar-refractivity contribution in [1.29, 1.82) is 0 Å². The Hall–Kier alpha value is -2.20. The van der Waals surface area contributed by atoms with E-state index in [1.165, 1.54) is 5.56 Å². The second kappa shape index (κ2) is 5.66. The highest BCUT2D eigenvalue weighted by Gasteiger charge is 2.29. The molecule has 0 bridgehead atoms. The molecule has 4 heteroatoms. The Balaban J connectivity index is 1.86. The summed E-state index contributed by atoms with van der Waals surface area (Å²) in [5.41, 5.74) is 3.29. The zero-order valence-electron chi connectivity index (χ0n) is 12.3.